The summed E-state index contributed by atoms with van der Waals surface area (Å²) in [6.07, 6.45) is 5.93. The lowest BCUT2D eigenvalue weighted by Gasteiger charge is -2.58. The summed E-state index contributed by atoms with van der Waals surface area (Å²) in [4.78, 5) is 24.9. The van der Waals surface area contributed by atoms with Crippen LogP contribution in [0.15, 0.2) is 30.3 Å². The number of hydrogen-bond acceptors (Lipinski definition) is 5. The monoisotopic (exact) mass is 386 g/mol. The van der Waals surface area contributed by atoms with Gasteiger partial charge in [-0.2, -0.15) is 0 Å². The van der Waals surface area contributed by atoms with Gasteiger partial charge in [0.15, 0.2) is 5.60 Å². The van der Waals surface area contributed by atoms with Gasteiger partial charge in [-0.1, -0.05) is 37.3 Å². The molecule has 1 aromatic rings. The molecule has 1 aliphatic carbocycles. The van der Waals surface area contributed by atoms with E-state index in [1.54, 1.807) is 0 Å². The van der Waals surface area contributed by atoms with Crippen LogP contribution in [-0.2, 0) is 30.5 Å². The molecule has 4 aliphatic heterocycles. The fraction of sp³-hybridized carbons (Fsp3) is 0.696. The van der Waals surface area contributed by atoms with Crippen molar-refractivity contribution in [3.8, 4) is 0 Å². The van der Waals surface area contributed by atoms with Gasteiger partial charge in [0.25, 0.3) is 0 Å². The minimum atomic E-state index is -0.821. The lowest BCUT2D eigenvalue weighted by Crippen LogP contribution is -2.70. The van der Waals surface area contributed by atoms with Gasteiger partial charge in [-0.3, -0.25) is 4.79 Å². The standard InChI is InChI=1S/C23H30O5/c1-15-11-12-19-17(10-6-9-16-7-4-3-5-8-16)20(24)25-21-23(19)18(15)13-14-22(2,26-21)27-28-23/h3-5,7-8,15,17-19,21H,6,9-14H2,1-2H3/t15-,17+,18?,19+,21-,22-,23-/m1/s1. The maximum atomic E-state index is 13.0. The molecule has 0 radical (unpaired) electrons. The predicted octanol–water partition coefficient (Wildman–Crippen LogP) is 4.40. The van der Waals surface area contributed by atoms with Crippen LogP contribution in [0.5, 0.6) is 0 Å². The first-order valence-electron chi connectivity index (χ1n) is 10.8. The molecule has 152 valence electrons. The number of esters is 1. The van der Waals surface area contributed by atoms with Crippen LogP contribution in [0, 0.1) is 23.7 Å². The van der Waals surface area contributed by atoms with Gasteiger partial charge in [-0.05, 0) is 56.9 Å². The van der Waals surface area contributed by atoms with E-state index in [0.717, 1.165) is 44.9 Å². The summed E-state index contributed by atoms with van der Waals surface area (Å²) < 4.78 is 12.1. The number of fused-ring (bicyclic) bond motifs is 2. The van der Waals surface area contributed by atoms with Crippen molar-refractivity contribution < 1.29 is 24.0 Å². The maximum Gasteiger partial charge on any atom is 0.311 e. The number of ether oxygens (including phenoxy) is 2. The molecular formula is C23H30O5. The van der Waals surface area contributed by atoms with Crippen LogP contribution in [0.1, 0.15) is 57.9 Å². The largest absolute Gasteiger partial charge is 0.432 e. The predicted molar refractivity (Wildman–Crippen MR) is 102 cm³/mol. The molecule has 1 spiro atoms. The molecule has 4 saturated heterocycles. The highest BCUT2D eigenvalue weighted by molar-refractivity contribution is 5.74. The Labute approximate surface area is 166 Å². The molecule has 5 heteroatoms. The Morgan fingerprint density at radius 1 is 1.07 bits per heavy atom. The Hall–Kier alpha value is -1.43. The van der Waals surface area contributed by atoms with Crippen LogP contribution >= 0.6 is 0 Å². The second-order valence-corrected chi connectivity index (χ2v) is 9.33. The summed E-state index contributed by atoms with van der Waals surface area (Å²) in [5, 5.41) is 0. The molecule has 28 heavy (non-hydrogen) atoms. The highest BCUT2D eigenvalue weighted by atomic mass is 17.3. The van der Waals surface area contributed by atoms with E-state index in [-0.39, 0.29) is 17.8 Å². The second-order valence-electron chi connectivity index (χ2n) is 9.33. The van der Waals surface area contributed by atoms with Gasteiger partial charge in [0.1, 0.15) is 0 Å². The number of hydrogen-bond donors (Lipinski definition) is 0. The van der Waals surface area contributed by atoms with E-state index in [9.17, 15) is 4.79 Å². The summed E-state index contributed by atoms with van der Waals surface area (Å²) in [6, 6.07) is 10.4. The SMILES string of the molecule is C[C@@H]1CC[C@H]2[C@H](CCCc3ccccc3)C(=O)O[C@@H]3O[C@@]4(C)CCC1[C@]32OO4. The lowest BCUT2D eigenvalue weighted by atomic mass is 9.57. The molecular weight excluding hydrogens is 356 g/mol. The topological polar surface area (TPSA) is 54.0 Å². The number of carbonyl (C=O) groups is 1. The quantitative estimate of drug-likeness (QED) is 0.567. The third kappa shape index (κ3) is 2.82. The highest BCUT2D eigenvalue weighted by Gasteiger charge is 2.70. The van der Waals surface area contributed by atoms with E-state index in [4.69, 9.17) is 19.2 Å². The lowest BCUT2D eigenvalue weighted by molar-refractivity contribution is -0.559. The van der Waals surface area contributed by atoms with Crippen molar-refractivity contribution in [2.75, 3.05) is 0 Å². The number of aryl methyl sites for hydroxylation is 1. The molecule has 0 N–H and O–H groups in total. The first-order chi connectivity index (χ1) is 13.5. The molecule has 4 heterocycles. The van der Waals surface area contributed by atoms with Crippen LogP contribution in [0.4, 0.5) is 0 Å². The van der Waals surface area contributed by atoms with Crippen LogP contribution in [0.3, 0.4) is 0 Å². The van der Waals surface area contributed by atoms with Gasteiger partial charge in [-0.15, -0.1) is 0 Å². The van der Waals surface area contributed by atoms with Crippen molar-refractivity contribution in [2.24, 2.45) is 23.7 Å². The fourth-order valence-corrected chi connectivity index (χ4v) is 6.11. The molecule has 2 bridgehead atoms. The maximum absolute atomic E-state index is 13.0. The van der Waals surface area contributed by atoms with Crippen LogP contribution in [-0.4, -0.2) is 23.6 Å². The van der Waals surface area contributed by atoms with Gasteiger partial charge in [0.2, 0.25) is 12.1 Å². The molecule has 5 nitrogen and oxygen atoms in total. The molecule has 0 aromatic heterocycles. The van der Waals surface area contributed by atoms with Crippen molar-refractivity contribution in [3.63, 3.8) is 0 Å². The third-order valence-corrected chi connectivity index (χ3v) is 7.61. The fourth-order valence-electron chi connectivity index (χ4n) is 6.11. The normalized spacial score (nSPS) is 44.5. The molecule has 7 atom stereocenters. The average Bonchev–Trinajstić information content (AvgIpc) is 2.92. The van der Waals surface area contributed by atoms with Gasteiger partial charge in [0.05, 0.1) is 5.92 Å². The molecule has 5 fully saturated rings. The molecule has 5 aliphatic rings. The summed E-state index contributed by atoms with van der Waals surface area (Å²) in [7, 11) is 0. The smallest absolute Gasteiger partial charge is 0.311 e. The van der Waals surface area contributed by atoms with Gasteiger partial charge < -0.3 is 9.47 Å². The van der Waals surface area contributed by atoms with E-state index in [1.165, 1.54) is 5.56 Å². The van der Waals surface area contributed by atoms with Crippen molar-refractivity contribution in [1.82, 2.24) is 0 Å². The van der Waals surface area contributed by atoms with Crippen molar-refractivity contribution in [3.05, 3.63) is 35.9 Å². The van der Waals surface area contributed by atoms with Crippen LogP contribution in [0.25, 0.3) is 0 Å². The molecule has 1 saturated carbocycles. The minimum Gasteiger partial charge on any atom is -0.432 e. The third-order valence-electron chi connectivity index (χ3n) is 7.61. The number of carbonyl (C=O) groups excluding carboxylic acids is 1. The Morgan fingerprint density at radius 3 is 2.71 bits per heavy atom. The van der Waals surface area contributed by atoms with Gasteiger partial charge in [-0.25, -0.2) is 9.78 Å². The zero-order chi connectivity index (χ0) is 19.4. The van der Waals surface area contributed by atoms with Crippen LogP contribution < -0.4 is 0 Å². The Balaban J connectivity index is 1.40. The Kier molecular flexibility index (Phi) is 4.53. The van der Waals surface area contributed by atoms with E-state index in [2.05, 4.69) is 31.2 Å². The van der Waals surface area contributed by atoms with Crippen LogP contribution in [0.2, 0.25) is 0 Å². The Morgan fingerprint density at radius 2 is 1.89 bits per heavy atom. The van der Waals surface area contributed by atoms with E-state index in [0.29, 0.717) is 11.8 Å². The zero-order valence-corrected chi connectivity index (χ0v) is 16.8. The van der Waals surface area contributed by atoms with Gasteiger partial charge in [0, 0.05) is 18.3 Å². The highest BCUT2D eigenvalue weighted by Crippen LogP contribution is 2.60. The molecule has 0 amide bonds. The molecule has 1 aromatic carbocycles. The zero-order valence-electron chi connectivity index (χ0n) is 16.8. The average molecular weight is 386 g/mol. The molecule has 6 rings (SSSR count). The van der Waals surface area contributed by atoms with Crippen molar-refractivity contribution in [2.45, 2.75) is 76.5 Å². The van der Waals surface area contributed by atoms with E-state index < -0.39 is 17.7 Å². The molecule has 1 unspecified atom stereocenters. The summed E-state index contributed by atoms with van der Waals surface area (Å²) in [5.41, 5.74) is 0.655. The van der Waals surface area contributed by atoms with E-state index >= 15 is 0 Å². The Bertz CT molecular complexity index is 736. The van der Waals surface area contributed by atoms with Gasteiger partial charge >= 0.3 is 5.97 Å². The number of rotatable bonds is 4. The van der Waals surface area contributed by atoms with Crippen molar-refractivity contribution in [1.29, 1.82) is 0 Å². The summed E-state index contributed by atoms with van der Waals surface area (Å²) in [5.74, 6) is -0.194. The first-order valence-corrected chi connectivity index (χ1v) is 10.8. The summed E-state index contributed by atoms with van der Waals surface area (Å²) >= 11 is 0. The van der Waals surface area contributed by atoms with E-state index in [1.807, 2.05) is 13.0 Å². The summed E-state index contributed by atoms with van der Waals surface area (Å²) in [6.45, 7) is 4.18. The van der Waals surface area contributed by atoms with Crippen molar-refractivity contribution >= 4 is 5.97 Å². The second kappa shape index (κ2) is 6.82. The minimum absolute atomic E-state index is 0.0957. The first kappa shape index (κ1) is 18.6. The number of benzene rings is 1.